The number of likely N-dealkylation sites (tertiary alicyclic amines) is 1. The van der Waals surface area contributed by atoms with Crippen LogP contribution in [0.2, 0.25) is 0 Å². The second-order valence-corrected chi connectivity index (χ2v) is 6.28. The summed E-state index contributed by atoms with van der Waals surface area (Å²) >= 11 is 0. The molecule has 26 heavy (non-hydrogen) atoms. The van der Waals surface area contributed by atoms with Crippen molar-refractivity contribution in [2.45, 2.75) is 31.6 Å². The Morgan fingerprint density at radius 1 is 1.31 bits per heavy atom. The van der Waals surface area contributed by atoms with E-state index < -0.39 is 42.8 Å². The van der Waals surface area contributed by atoms with Crippen molar-refractivity contribution in [2.24, 2.45) is 5.92 Å². The molecule has 9 heteroatoms. The zero-order valence-corrected chi connectivity index (χ0v) is 14.0. The van der Waals surface area contributed by atoms with E-state index in [1.165, 1.54) is 17.0 Å². The van der Waals surface area contributed by atoms with Crippen LogP contribution in [0.3, 0.4) is 0 Å². The number of aliphatic hydroxyl groups is 2. The van der Waals surface area contributed by atoms with Gasteiger partial charge in [-0.2, -0.15) is 13.2 Å². The van der Waals surface area contributed by atoms with Crippen molar-refractivity contribution in [3.05, 3.63) is 35.4 Å². The number of hydrogen-bond acceptors (Lipinski definition) is 4. The van der Waals surface area contributed by atoms with E-state index in [2.05, 4.69) is 5.32 Å². The minimum atomic E-state index is -4.46. The molecule has 1 fully saturated rings. The van der Waals surface area contributed by atoms with E-state index >= 15 is 0 Å². The zero-order chi connectivity index (χ0) is 19.3. The number of amides is 2. The average Bonchev–Trinajstić information content (AvgIpc) is 2.60. The zero-order valence-electron chi connectivity index (χ0n) is 14.0. The summed E-state index contributed by atoms with van der Waals surface area (Å²) in [5, 5.41) is 20.5. The quantitative estimate of drug-likeness (QED) is 0.691. The van der Waals surface area contributed by atoms with Crippen LogP contribution < -0.4 is 5.32 Å². The first kappa shape index (κ1) is 20.2. The van der Waals surface area contributed by atoms with Gasteiger partial charge >= 0.3 is 6.18 Å². The highest BCUT2D eigenvalue weighted by molar-refractivity contribution is 5.84. The summed E-state index contributed by atoms with van der Waals surface area (Å²) in [6.45, 7) is -0.774. The first-order valence-corrected chi connectivity index (χ1v) is 8.20. The molecule has 1 aromatic carbocycles. The van der Waals surface area contributed by atoms with E-state index in [0.29, 0.717) is 12.0 Å². The Hall–Kier alpha value is -2.13. The molecule has 0 bridgehead atoms. The smallest absolute Gasteiger partial charge is 0.394 e. The van der Waals surface area contributed by atoms with Crippen LogP contribution in [-0.2, 0) is 22.3 Å². The average molecular weight is 374 g/mol. The van der Waals surface area contributed by atoms with E-state index in [1.54, 1.807) is 0 Å². The number of halogens is 3. The van der Waals surface area contributed by atoms with E-state index in [4.69, 9.17) is 10.2 Å². The standard InChI is InChI=1S/C17H21F3N2O4/c18-17(19,20)13-3-1-2-11(6-13)7-22-8-12(4-5-15(22)25)16(26)21-14(9-23)10-24/h1-3,6,12,14,23-24H,4-5,7-10H2,(H,21,26)/t12-/m1/s1. The third-order valence-electron chi connectivity index (χ3n) is 4.29. The second-order valence-electron chi connectivity index (χ2n) is 6.28. The topological polar surface area (TPSA) is 89.9 Å². The maximum absolute atomic E-state index is 12.8. The van der Waals surface area contributed by atoms with Gasteiger partial charge in [0.15, 0.2) is 0 Å². The molecule has 1 aliphatic rings. The van der Waals surface area contributed by atoms with Crippen LogP contribution in [0.5, 0.6) is 0 Å². The van der Waals surface area contributed by atoms with Crippen molar-refractivity contribution in [3.63, 3.8) is 0 Å². The van der Waals surface area contributed by atoms with Crippen LogP contribution in [-0.4, -0.2) is 52.7 Å². The summed E-state index contributed by atoms with van der Waals surface area (Å²) in [5.41, 5.74) is -0.458. The van der Waals surface area contributed by atoms with Crippen LogP contribution in [0.4, 0.5) is 13.2 Å². The van der Waals surface area contributed by atoms with Crippen LogP contribution in [0, 0.1) is 5.92 Å². The largest absolute Gasteiger partial charge is 0.416 e. The Morgan fingerprint density at radius 3 is 2.62 bits per heavy atom. The van der Waals surface area contributed by atoms with Crippen LogP contribution >= 0.6 is 0 Å². The van der Waals surface area contributed by atoms with Crippen LogP contribution in [0.1, 0.15) is 24.0 Å². The molecule has 0 aromatic heterocycles. The van der Waals surface area contributed by atoms with E-state index in [-0.39, 0.29) is 25.4 Å². The molecule has 1 heterocycles. The highest BCUT2D eigenvalue weighted by atomic mass is 19.4. The predicted octanol–water partition coefficient (Wildman–Crippen LogP) is 0.913. The third-order valence-corrected chi connectivity index (χ3v) is 4.29. The number of nitrogens with one attached hydrogen (secondary N) is 1. The van der Waals surface area contributed by atoms with Crippen molar-refractivity contribution in [1.29, 1.82) is 0 Å². The monoisotopic (exact) mass is 374 g/mol. The Labute approximate surface area is 148 Å². The van der Waals surface area contributed by atoms with E-state index in [9.17, 15) is 22.8 Å². The highest BCUT2D eigenvalue weighted by Crippen LogP contribution is 2.30. The van der Waals surface area contributed by atoms with Gasteiger partial charge in [0, 0.05) is 19.5 Å². The molecule has 2 amide bonds. The summed E-state index contributed by atoms with van der Waals surface area (Å²) in [4.78, 5) is 25.6. The minimum Gasteiger partial charge on any atom is -0.394 e. The molecular formula is C17H21F3N2O4. The van der Waals surface area contributed by atoms with Gasteiger partial charge in [-0.15, -0.1) is 0 Å². The van der Waals surface area contributed by atoms with Gasteiger partial charge in [0.25, 0.3) is 0 Å². The maximum atomic E-state index is 12.8. The first-order valence-electron chi connectivity index (χ1n) is 8.20. The van der Waals surface area contributed by atoms with Gasteiger partial charge in [0.05, 0.1) is 30.7 Å². The van der Waals surface area contributed by atoms with Crippen molar-refractivity contribution >= 4 is 11.8 Å². The van der Waals surface area contributed by atoms with Gasteiger partial charge in [0.1, 0.15) is 0 Å². The van der Waals surface area contributed by atoms with Gasteiger partial charge in [0.2, 0.25) is 11.8 Å². The normalized spacial score (nSPS) is 18.3. The molecule has 0 aliphatic carbocycles. The number of carbonyl (C=O) groups is 2. The fourth-order valence-electron chi connectivity index (χ4n) is 2.82. The summed E-state index contributed by atoms with van der Waals surface area (Å²) in [6, 6.07) is 3.95. The minimum absolute atomic E-state index is 0.0179. The lowest BCUT2D eigenvalue weighted by Crippen LogP contribution is -2.49. The molecule has 0 radical (unpaired) electrons. The molecule has 1 aliphatic heterocycles. The Morgan fingerprint density at radius 2 is 2.00 bits per heavy atom. The van der Waals surface area contributed by atoms with Gasteiger partial charge in [-0.05, 0) is 24.1 Å². The number of alkyl halides is 3. The summed E-state index contributed by atoms with van der Waals surface area (Å²) in [5.74, 6) is -1.17. The summed E-state index contributed by atoms with van der Waals surface area (Å²) in [7, 11) is 0. The fourth-order valence-corrected chi connectivity index (χ4v) is 2.82. The number of piperidine rings is 1. The number of nitrogens with zero attached hydrogens (tertiary/aromatic N) is 1. The Balaban J connectivity index is 2.05. The molecule has 3 N–H and O–H groups in total. The molecule has 1 saturated heterocycles. The Kier molecular flexibility index (Phi) is 6.60. The molecule has 2 rings (SSSR count). The maximum Gasteiger partial charge on any atom is 0.416 e. The van der Waals surface area contributed by atoms with Crippen molar-refractivity contribution in [3.8, 4) is 0 Å². The number of benzene rings is 1. The molecule has 0 unspecified atom stereocenters. The van der Waals surface area contributed by atoms with Gasteiger partial charge in [-0.3, -0.25) is 9.59 Å². The molecular weight excluding hydrogens is 353 g/mol. The predicted molar refractivity (Wildman–Crippen MR) is 85.7 cm³/mol. The second kappa shape index (κ2) is 8.50. The summed E-state index contributed by atoms with van der Waals surface area (Å²) < 4.78 is 38.4. The Bertz CT molecular complexity index is 647. The number of hydrogen-bond donors (Lipinski definition) is 3. The molecule has 1 atom stereocenters. The summed E-state index contributed by atoms with van der Waals surface area (Å²) in [6.07, 6.45) is -4.04. The molecule has 144 valence electrons. The number of carbonyl (C=O) groups excluding carboxylic acids is 2. The van der Waals surface area contributed by atoms with Crippen molar-refractivity contribution < 1.29 is 33.0 Å². The lowest BCUT2D eigenvalue weighted by atomic mass is 9.95. The van der Waals surface area contributed by atoms with Crippen molar-refractivity contribution in [1.82, 2.24) is 10.2 Å². The van der Waals surface area contributed by atoms with E-state index in [0.717, 1.165) is 12.1 Å². The highest BCUT2D eigenvalue weighted by Gasteiger charge is 2.33. The molecule has 1 aromatic rings. The van der Waals surface area contributed by atoms with Crippen molar-refractivity contribution in [2.75, 3.05) is 19.8 Å². The van der Waals surface area contributed by atoms with E-state index in [1.807, 2.05) is 0 Å². The SMILES string of the molecule is O=C(NC(CO)CO)[C@@H]1CCC(=O)N(Cc2cccc(C(F)(F)F)c2)C1. The molecule has 0 saturated carbocycles. The number of rotatable bonds is 6. The molecule has 6 nitrogen and oxygen atoms in total. The lowest BCUT2D eigenvalue weighted by molar-refractivity contribution is -0.139. The number of aliphatic hydroxyl groups excluding tert-OH is 2. The fraction of sp³-hybridized carbons (Fsp3) is 0.529. The first-order chi connectivity index (χ1) is 12.2. The van der Waals surface area contributed by atoms with Crippen LogP contribution in [0.15, 0.2) is 24.3 Å². The third kappa shape index (κ3) is 5.18. The van der Waals surface area contributed by atoms with Gasteiger partial charge in [-0.1, -0.05) is 12.1 Å². The van der Waals surface area contributed by atoms with Gasteiger partial charge in [-0.25, -0.2) is 0 Å². The van der Waals surface area contributed by atoms with Gasteiger partial charge < -0.3 is 20.4 Å². The van der Waals surface area contributed by atoms with Crippen LogP contribution in [0.25, 0.3) is 0 Å². The molecule has 0 spiro atoms. The lowest BCUT2D eigenvalue weighted by Gasteiger charge is -2.32.